The molecule has 1 aromatic carbocycles. The van der Waals surface area contributed by atoms with Crippen LogP contribution in [0.4, 0.5) is 28.9 Å². The highest BCUT2D eigenvalue weighted by Gasteiger charge is 2.47. The second kappa shape index (κ2) is 5.98. The van der Waals surface area contributed by atoms with Gasteiger partial charge in [0, 0.05) is 11.9 Å². The lowest BCUT2D eigenvalue weighted by atomic mass is 9.85. The Morgan fingerprint density at radius 2 is 1.92 bits per heavy atom. The van der Waals surface area contributed by atoms with Crippen LogP contribution in [0.15, 0.2) is 36.7 Å². The SMILES string of the molecule is Fc1ccc2c(c1)C(C(F)(F)F)c1ccncc1N2COCC1CC1. The second-order valence-corrected chi connectivity index (χ2v) is 6.48. The lowest BCUT2D eigenvalue weighted by molar-refractivity contribution is -0.141. The number of hydrogen-bond donors (Lipinski definition) is 0. The van der Waals surface area contributed by atoms with Crippen molar-refractivity contribution in [2.75, 3.05) is 18.2 Å². The van der Waals surface area contributed by atoms with Crippen LogP contribution in [0.25, 0.3) is 0 Å². The van der Waals surface area contributed by atoms with E-state index in [1.54, 1.807) is 4.90 Å². The van der Waals surface area contributed by atoms with Gasteiger partial charge in [-0.25, -0.2) is 4.39 Å². The second-order valence-electron chi connectivity index (χ2n) is 6.48. The van der Waals surface area contributed by atoms with Crippen molar-refractivity contribution in [2.45, 2.75) is 24.9 Å². The fourth-order valence-electron chi connectivity index (χ4n) is 3.25. The first-order valence-corrected chi connectivity index (χ1v) is 8.10. The molecular weight excluding hydrogens is 336 g/mol. The molecule has 2 heterocycles. The molecule has 4 rings (SSSR count). The van der Waals surface area contributed by atoms with E-state index in [0.717, 1.165) is 18.9 Å². The summed E-state index contributed by atoms with van der Waals surface area (Å²) in [6.07, 6.45) is 0.442. The fourth-order valence-corrected chi connectivity index (χ4v) is 3.25. The summed E-state index contributed by atoms with van der Waals surface area (Å²) in [6.45, 7) is 0.684. The molecule has 1 saturated carbocycles. The Labute approximate surface area is 142 Å². The van der Waals surface area contributed by atoms with Crippen LogP contribution >= 0.6 is 0 Å². The summed E-state index contributed by atoms with van der Waals surface area (Å²) in [4.78, 5) is 5.61. The number of halogens is 4. The highest BCUT2D eigenvalue weighted by Crippen LogP contribution is 2.51. The number of hydrogen-bond acceptors (Lipinski definition) is 3. The number of rotatable bonds is 4. The number of alkyl halides is 3. The summed E-state index contributed by atoms with van der Waals surface area (Å²) < 4.78 is 60.6. The van der Waals surface area contributed by atoms with Crippen molar-refractivity contribution in [3.05, 3.63) is 53.6 Å². The lowest BCUT2D eigenvalue weighted by Gasteiger charge is -2.37. The number of pyridine rings is 1. The van der Waals surface area contributed by atoms with E-state index in [2.05, 4.69) is 4.98 Å². The first-order chi connectivity index (χ1) is 11.9. The van der Waals surface area contributed by atoms with Gasteiger partial charge in [0.25, 0.3) is 0 Å². The monoisotopic (exact) mass is 352 g/mol. The van der Waals surface area contributed by atoms with Crippen LogP contribution < -0.4 is 4.90 Å². The van der Waals surface area contributed by atoms with Gasteiger partial charge in [-0.3, -0.25) is 4.98 Å². The van der Waals surface area contributed by atoms with Crippen LogP contribution in [-0.4, -0.2) is 24.5 Å². The molecule has 1 aromatic heterocycles. The maximum atomic E-state index is 13.7. The molecular formula is C18H16F4N2O. The minimum absolute atomic E-state index is 0.0654. The number of benzene rings is 1. The largest absolute Gasteiger partial charge is 0.399 e. The quantitative estimate of drug-likeness (QED) is 0.743. The van der Waals surface area contributed by atoms with Gasteiger partial charge in [-0.1, -0.05) is 0 Å². The zero-order chi connectivity index (χ0) is 17.6. The summed E-state index contributed by atoms with van der Waals surface area (Å²) >= 11 is 0. The Balaban J connectivity index is 1.78. The van der Waals surface area contributed by atoms with Crippen LogP contribution in [0.2, 0.25) is 0 Å². The van der Waals surface area contributed by atoms with E-state index in [0.29, 0.717) is 23.9 Å². The van der Waals surface area contributed by atoms with Crippen LogP contribution in [0.3, 0.4) is 0 Å². The maximum absolute atomic E-state index is 13.7. The molecule has 132 valence electrons. The van der Waals surface area contributed by atoms with E-state index in [-0.39, 0.29) is 17.9 Å². The molecule has 7 heteroatoms. The number of nitrogens with zero attached hydrogens (tertiary/aromatic N) is 2. The molecule has 1 aliphatic heterocycles. The molecule has 0 spiro atoms. The van der Waals surface area contributed by atoms with Crippen molar-refractivity contribution in [3.8, 4) is 0 Å². The van der Waals surface area contributed by atoms with Gasteiger partial charge in [0.1, 0.15) is 18.5 Å². The van der Waals surface area contributed by atoms with Crippen molar-refractivity contribution >= 4 is 11.4 Å². The van der Waals surface area contributed by atoms with Crippen molar-refractivity contribution in [2.24, 2.45) is 5.92 Å². The Hall–Kier alpha value is -2.15. The fraction of sp³-hybridized carbons (Fsp3) is 0.389. The Kier molecular flexibility index (Phi) is 3.91. The Morgan fingerprint density at radius 1 is 1.12 bits per heavy atom. The molecule has 0 N–H and O–H groups in total. The molecule has 25 heavy (non-hydrogen) atoms. The van der Waals surface area contributed by atoms with E-state index in [1.807, 2.05) is 0 Å². The minimum atomic E-state index is -4.53. The van der Waals surface area contributed by atoms with Crippen molar-refractivity contribution < 1.29 is 22.3 Å². The first-order valence-electron chi connectivity index (χ1n) is 8.10. The number of fused-ring (bicyclic) bond motifs is 2. The smallest absolute Gasteiger partial charge is 0.360 e. The Morgan fingerprint density at radius 3 is 2.64 bits per heavy atom. The molecule has 1 atom stereocenters. The third-order valence-corrected chi connectivity index (χ3v) is 4.62. The van der Waals surface area contributed by atoms with Gasteiger partial charge in [0.2, 0.25) is 0 Å². The van der Waals surface area contributed by atoms with Gasteiger partial charge >= 0.3 is 6.18 Å². The first kappa shape index (κ1) is 16.3. The zero-order valence-corrected chi connectivity index (χ0v) is 13.3. The lowest BCUT2D eigenvalue weighted by Crippen LogP contribution is -2.33. The summed E-state index contributed by atoms with van der Waals surface area (Å²) in [5, 5.41) is 0. The molecule has 3 nitrogen and oxygen atoms in total. The van der Waals surface area contributed by atoms with Crippen LogP contribution in [0.5, 0.6) is 0 Å². The molecule has 2 aromatic rings. The van der Waals surface area contributed by atoms with E-state index in [1.165, 1.54) is 30.6 Å². The number of anilines is 2. The third kappa shape index (κ3) is 3.08. The maximum Gasteiger partial charge on any atom is 0.399 e. The average Bonchev–Trinajstić information content (AvgIpc) is 3.37. The molecule has 0 saturated heterocycles. The highest BCUT2D eigenvalue weighted by atomic mass is 19.4. The van der Waals surface area contributed by atoms with E-state index < -0.39 is 17.9 Å². The zero-order valence-electron chi connectivity index (χ0n) is 13.3. The standard InChI is InChI=1S/C18H16F4N2O/c19-12-3-4-15-14(7-12)17(18(20,21)22)13-5-6-23-8-16(13)24(15)10-25-9-11-1-2-11/h3-8,11,17H,1-2,9-10H2. The van der Waals surface area contributed by atoms with E-state index in [9.17, 15) is 17.6 Å². The van der Waals surface area contributed by atoms with Gasteiger partial charge in [0.05, 0.1) is 18.5 Å². The predicted molar refractivity (Wildman–Crippen MR) is 84.2 cm³/mol. The predicted octanol–water partition coefficient (Wildman–Crippen LogP) is 4.75. The topological polar surface area (TPSA) is 25.4 Å². The van der Waals surface area contributed by atoms with E-state index in [4.69, 9.17) is 4.74 Å². The molecule has 0 amide bonds. The summed E-state index contributed by atoms with van der Waals surface area (Å²) in [6, 6.07) is 4.85. The molecule has 1 unspecified atom stereocenters. The summed E-state index contributed by atoms with van der Waals surface area (Å²) in [7, 11) is 0. The molecule has 1 fully saturated rings. The molecule has 0 radical (unpaired) electrons. The molecule has 1 aliphatic carbocycles. The average molecular weight is 352 g/mol. The van der Waals surface area contributed by atoms with Crippen molar-refractivity contribution in [1.29, 1.82) is 0 Å². The third-order valence-electron chi connectivity index (χ3n) is 4.62. The van der Waals surface area contributed by atoms with Gasteiger partial charge in [-0.15, -0.1) is 0 Å². The van der Waals surface area contributed by atoms with Crippen molar-refractivity contribution in [1.82, 2.24) is 4.98 Å². The number of ether oxygens (including phenoxy) is 1. The minimum Gasteiger partial charge on any atom is -0.360 e. The summed E-state index contributed by atoms with van der Waals surface area (Å²) in [5.74, 6) is -2.03. The highest BCUT2D eigenvalue weighted by molar-refractivity contribution is 5.75. The van der Waals surface area contributed by atoms with Crippen LogP contribution in [0, 0.1) is 11.7 Å². The number of aromatic nitrogens is 1. The van der Waals surface area contributed by atoms with Crippen LogP contribution in [0.1, 0.15) is 29.9 Å². The van der Waals surface area contributed by atoms with Gasteiger partial charge in [-0.2, -0.15) is 13.2 Å². The molecule has 2 aliphatic rings. The van der Waals surface area contributed by atoms with Crippen LogP contribution in [-0.2, 0) is 4.74 Å². The summed E-state index contributed by atoms with van der Waals surface area (Å²) in [5.41, 5.74) is 0.622. The van der Waals surface area contributed by atoms with Crippen molar-refractivity contribution in [3.63, 3.8) is 0 Å². The van der Waals surface area contributed by atoms with Gasteiger partial charge in [-0.05, 0) is 54.2 Å². The molecule has 0 bridgehead atoms. The van der Waals surface area contributed by atoms with Gasteiger partial charge < -0.3 is 9.64 Å². The van der Waals surface area contributed by atoms with E-state index >= 15 is 0 Å². The normalized spacial score (nSPS) is 19.5. The Bertz CT molecular complexity index is 789. The van der Waals surface area contributed by atoms with Gasteiger partial charge in [0.15, 0.2) is 0 Å².